The first-order chi connectivity index (χ1) is 10.1. The highest BCUT2D eigenvalue weighted by Gasteiger charge is 2.12. The zero-order valence-electron chi connectivity index (χ0n) is 11.5. The summed E-state index contributed by atoms with van der Waals surface area (Å²) in [6.07, 6.45) is 2.27. The molecule has 110 valence electrons. The van der Waals surface area contributed by atoms with Crippen LogP contribution in [-0.4, -0.2) is 23.5 Å². The Balaban J connectivity index is 1.89. The number of ether oxygens (including phenoxy) is 1. The third-order valence-corrected chi connectivity index (χ3v) is 3.09. The van der Waals surface area contributed by atoms with Gasteiger partial charge in [0.2, 0.25) is 0 Å². The van der Waals surface area contributed by atoms with E-state index >= 15 is 0 Å². The lowest BCUT2D eigenvalue weighted by molar-refractivity contribution is -0.119. The maximum Gasteiger partial charge on any atom is 0.355 e. The third-order valence-electron chi connectivity index (χ3n) is 2.87. The number of aromatic amines is 1. The molecule has 0 aliphatic carbocycles. The number of anilines is 1. The number of benzene rings is 1. The molecular weight excluding hydrogens is 292 g/mol. The lowest BCUT2D eigenvalue weighted by atomic mass is 10.1. The number of para-hydroxylation sites is 1. The van der Waals surface area contributed by atoms with E-state index in [0.717, 1.165) is 17.7 Å². The van der Waals surface area contributed by atoms with Crippen molar-refractivity contribution in [1.29, 1.82) is 0 Å². The Bertz CT molecular complexity index is 652. The maximum atomic E-state index is 11.8. The largest absolute Gasteiger partial charge is 0.451 e. The van der Waals surface area contributed by atoms with E-state index < -0.39 is 5.97 Å². The van der Waals surface area contributed by atoms with Crippen molar-refractivity contribution in [3.8, 4) is 0 Å². The van der Waals surface area contributed by atoms with Crippen molar-refractivity contribution in [1.82, 2.24) is 4.98 Å². The number of carbonyl (C=O) groups excluding carboxylic acids is 2. The Hall–Kier alpha value is -2.27. The van der Waals surface area contributed by atoms with Crippen LogP contribution in [0.1, 0.15) is 23.0 Å². The third kappa shape index (κ3) is 4.10. The molecule has 0 unspecified atom stereocenters. The van der Waals surface area contributed by atoms with Crippen LogP contribution in [0.3, 0.4) is 0 Å². The van der Waals surface area contributed by atoms with Crippen LogP contribution in [0.25, 0.3) is 0 Å². The lowest BCUT2D eigenvalue weighted by Gasteiger charge is -2.09. The minimum atomic E-state index is -0.624. The van der Waals surface area contributed by atoms with Gasteiger partial charge in [0.1, 0.15) is 5.69 Å². The molecule has 0 fully saturated rings. The van der Waals surface area contributed by atoms with Crippen LogP contribution < -0.4 is 5.32 Å². The SMILES string of the molecule is CCc1ccccc1NC(=O)COC(=O)c1cc(Cl)c[nH]1. The molecule has 5 nitrogen and oxygen atoms in total. The summed E-state index contributed by atoms with van der Waals surface area (Å²) in [5.41, 5.74) is 1.96. The summed E-state index contributed by atoms with van der Waals surface area (Å²) in [7, 11) is 0. The van der Waals surface area contributed by atoms with Crippen molar-refractivity contribution >= 4 is 29.2 Å². The van der Waals surface area contributed by atoms with Crippen LogP contribution in [0.2, 0.25) is 5.02 Å². The molecule has 0 spiro atoms. The van der Waals surface area contributed by atoms with Crippen LogP contribution in [0.15, 0.2) is 36.5 Å². The molecule has 2 rings (SSSR count). The first-order valence-electron chi connectivity index (χ1n) is 6.49. The van der Waals surface area contributed by atoms with E-state index in [1.54, 1.807) is 0 Å². The number of esters is 1. The van der Waals surface area contributed by atoms with Crippen molar-refractivity contribution in [2.75, 3.05) is 11.9 Å². The monoisotopic (exact) mass is 306 g/mol. The number of amides is 1. The fraction of sp³-hybridized carbons (Fsp3) is 0.200. The van der Waals surface area contributed by atoms with Crippen molar-refractivity contribution in [3.63, 3.8) is 0 Å². The summed E-state index contributed by atoms with van der Waals surface area (Å²) in [4.78, 5) is 26.1. The van der Waals surface area contributed by atoms with Crippen LogP contribution in [0.4, 0.5) is 5.69 Å². The highest BCUT2D eigenvalue weighted by molar-refractivity contribution is 6.30. The summed E-state index contributed by atoms with van der Waals surface area (Å²) in [6, 6.07) is 8.92. The number of aromatic nitrogens is 1. The molecule has 6 heteroatoms. The predicted octanol–water partition coefficient (Wildman–Crippen LogP) is 3.03. The number of H-pyrrole nitrogens is 1. The standard InChI is InChI=1S/C15H15ClN2O3/c1-2-10-5-3-4-6-12(10)18-14(19)9-21-15(20)13-7-11(16)8-17-13/h3-8,17H,2,9H2,1H3,(H,18,19). The molecule has 0 saturated carbocycles. The summed E-state index contributed by atoms with van der Waals surface area (Å²) in [5.74, 6) is -1.01. The minimum Gasteiger partial charge on any atom is -0.451 e. The van der Waals surface area contributed by atoms with Gasteiger partial charge in [-0.2, -0.15) is 0 Å². The number of aryl methyl sites for hydroxylation is 1. The second kappa shape index (κ2) is 6.95. The van der Waals surface area contributed by atoms with Crippen molar-refractivity contribution in [2.45, 2.75) is 13.3 Å². The van der Waals surface area contributed by atoms with Crippen molar-refractivity contribution in [2.24, 2.45) is 0 Å². The number of hydrogen-bond acceptors (Lipinski definition) is 3. The van der Waals surface area contributed by atoms with E-state index in [1.807, 2.05) is 31.2 Å². The van der Waals surface area contributed by atoms with E-state index in [4.69, 9.17) is 16.3 Å². The minimum absolute atomic E-state index is 0.210. The number of rotatable bonds is 5. The predicted molar refractivity (Wildman–Crippen MR) is 80.5 cm³/mol. The van der Waals surface area contributed by atoms with E-state index in [-0.39, 0.29) is 18.2 Å². The van der Waals surface area contributed by atoms with Crippen LogP contribution >= 0.6 is 11.6 Å². The summed E-state index contributed by atoms with van der Waals surface area (Å²) < 4.78 is 4.91. The molecule has 0 radical (unpaired) electrons. The molecular formula is C15H15ClN2O3. The first kappa shape index (κ1) is 15.1. The molecule has 21 heavy (non-hydrogen) atoms. The van der Waals surface area contributed by atoms with Gasteiger partial charge in [-0.15, -0.1) is 0 Å². The molecule has 2 N–H and O–H groups in total. The highest BCUT2D eigenvalue weighted by Crippen LogP contribution is 2.15. The maximum absolute atomic E-state index is 11.8. The van der Waals surface area contributed by atoms with Gasteiger partial charge in [0.05, 0.1) is 5.02 Å². The molecule has 1 aromatic carbocycles. The van der Waals surface area contributed by atoms with Gasteiger partial charge in [-0.25, -0.2) is 4.79 Å². The topological polar surface area (TPSA) is 71.2 Å². The number of carbonyl (C=O) groups is 2. The van der Waals surface area contributed by atoms with Gasteiger partial charge < -0.3 is 15.0 Å². The average molecular weight is 307 g/mol. The van der Waals surface area contributed by atoms with E-state index in [1.165, 1.54) is 12.3 Å². The first-order valence-corrected chi connectivity index (χ1v) is 6.86. The molecule has 0 bridgehead atoms. The van der Waals surface area contributed by atoms with E-state index in [0.29, 0.717) is 5.02 Å². The second-order valence-corrected chi connectivity index (χ2v) is 4.80. The van der Waals surface area contributed by atoms with Crippen LogP contribution in [0.5, 0.6) is 0 Å². The zero-order chi connectivity index (χ0) is 15.2. The Morgan fingerprint density at radius 1 is 1.33 bits per heavy atom. The molecule has 0 aliphatic rings. The fourth-order valence-corrected chi connectivity index (χ4v) is 2.00. The Kier molecular flexibility index (Phi) is 5.00. The van der Waals surface area contributed by atoms with Crippen LogP contribution in [0, 0.1) is 0 Å². The smallest absolute Gasteiger partial charge is 0.355 e. The molecule has 2 aromatic rings. The van der Waals surface area contributed by atoms with Gasteiger partial charge in [-0.1, -0.05) is 36.7 Å². The van der Waals surface area contributed by atoms with Crippen molar-refractivity contribution in [3.05, 3.63) is 52.8 Å². The number of halogens is 1. The Morgan fingerprint density at radius 3 is 2.76 bits per heavy atom. The average Bonchev–Trinajstić information content (AvgIpc) is 2.92. The van der Waals surface area contributed by atoms with Crippen LogP contribution in [-0.2, 0) is 16.0 Å². The molecule has 0 atom stereocenters. The Labute approximate surface area is 127 Å². The van der Waals surface area contributed by atoms with Gasteiger partial charge in [0.15, 0.2) is 6.61 Å². The quantitative estimate of drug-likeness (QED) is 0.834. The van der Waals surface area contributed by atoms with Gasteiger partial charge >= 0.3 is 5.97 Å². The summed E-state index contributed by atoms with van der Waals surface area (Å²) >= 11 is 5.69. The van der Waals surface area contributed by atoms with E-state index in [9.17, 15) is 9.59 Å². The van der Waals surface area contributed by atoms with Crippen molar-refractivity contribution < 1.29 is 14.3 Å². The molecule has 1 amide bonds. The Morgan fingerprint density at radius 2 is 2.10 bits per heavy atom. The molecule has 1 aromatic heterocycles. The number of nitrogens with one attached hydrogen (secondary N) is 2. The van der Waals surface area contributed by atoms with E-state index in [2.05, 4.69) is 10.3 Å². The summed E-state index contributed by atoms with van der Waals surface area (Å²) in [6.45, 7) is 1.65. The lowest BCUT2D eigenvalue weighted by Crippen LogP contribution is -2.21. The zero-order valence-corrected chi connectivity index (χ0v) is 12.2. The second-order valence-electron chi connectivity index (χ2n) is 4.37. The molecule has 0 saturated heterocycles. The van der Waals surface area contributed by atoms with Gasteiger partial charge in [0.25, 0.3) is 5.91 Å². The normalized spacial score (nSPS) is 10.2. The number of hydrogen-bond donors (Lipinski definition) is 2. The fourth-order valence-electron chi connectivity index (χ4n) is 1.83. The molecule has 0 aliphatic heterocycles. The highest BCUT2D eigenvalue weighted by atomic mass is 35.5. The van der Waals surface area contributed by atoms with Gasteiger partial charge in [0, 0.05) is 11.9 Å². The van der Waals surface area contributed by atoms with Gasteiger partial charge in [-0.3, -0.25) is 4.79 Å². The summed E-state index contributed by atoms with van der Waals surface area (Å²) in [5, 5.41) is 3.13. The molecule has 1 heterocycles. The van der Waals surface area contributed by atoms with Gasteiger partial charge in [-0.05, 0) is 24.1 Å².